The van der Waals surface area contributed by atoms with E-state index in [2.05, 4.69) is 38.8 Å². The maximum absolute atomic E-state index is 9.52. The number of nitrogens with zero attached hydrogens (tertiary/aromatic N) is 3. The molecule has 0 saturated heterocycles. The molecule has 6 heteroatoms. The van der Waals surface area contributed by atoms with Crippen molar-refractivity contribution in [2.45, 2.75) is 44.6 Å². The first kappa shape index (κ1) is 19.3. The van der Waals surface area contributed by atoms with E-state index in [-0.39, 0.29) is 0 Å². The van der Waals surface area contributed by atoms with Crippen molar-refractivity contribution in [2.75, 3.05) is 23.7 Å². The second-order valence-electron chi connectivity index (χ2n) is 9.63. The first-order valence-electron chi connectivity index (χ1n) is 11.2. The van der Waals surface area contributed by atoms with Gasteiger partial charge in [0.05, 0.1) is 6.20 Å². The molecule has 1 unspecified atom stereocenters. The molecule has 4 saturated carbocycles. The van der Waals surface area contributed by atoms with Gasteiger partial charge < -0.3 is 16.4 Å². The molecule has 0 aliphatic heterocycles. The normalized spacial score (nSPS) is 31.3. The van der Waals surface area contributed by atoms with Gasteiger partial charge in [-0.3, -0.25) is 0 Å². The number of hydrogen-bond acceptors (Lipinski definition) is 6. The molecule has 156 valence electrons. The van der Waals surface area contributed by atoms with Crippen LogP contribution < -0.4 is 16.4 Å². The molecule has 0 amide bonds. The van der Waals surface area contributed by atoms with Gasteiger partial charge in [-0.1, -0.05) is 30.3 Å². The van der Waals surface area contributed by atoms with E-state index in [1.165, 1.54) is 37.7 Å². The smallest absolute Gasteiger partial charge is 0.224 e. The summed E-state index contributed by atoms with van der Waals surface area (Å²) in [6, 6.07) is 13.0. The van der Waals surface area contributed by atoms with Gasteiger partial charge in [-0.15, -0.1) is 0 Å². The van der Waals surface area contributed by atoms with Crippen molar-refractivity contribution in [1.82, 2.24) is 9.97 Å². The first-order chi connectivity index (χ1) is 14.6. The number of nitriles is 1. The number of benzene rings is 1. The van der Waals surface area contributed by atoms with Crippen LogP contribution in [0.3, 0.4) is 0 Å². The van der Waals surface area contributed by atoms with E-state index in [0.29, 0.717) is 40.6 Å². The average molecular weight is 403 g/mol. The lowest BCUT2D eigenvalue weighted by atomic mass is 9.48. The summed E-state index contributed by atoms with van der Waals surface area (Å²) in [6.07, 6.45) is 8.86. The molecule has 1 heterocycles. The number of nitrogens with two attached hydrogens (primary N) is 1. The lowest BCUT2D eigenvalue weighted by Crippen LogP contribution is -2.58. The van der Waals surface area contributed by atoms with Crippen LogP contribution in [0.15, 0.2) is 36.5 Å². The molecule has 30 heavy (non-hydrogen) atoms. The largest absolute Gasteiger partial charge is 0.368 e. The predicted octanol–water partition coefficient (Wildman–Crippen LogP) is 3.57. The Kier molecular flexibility index (Phi) is 5.08. The van der Waals surface area contributed by atoms with Gasteiger partial charge >= 0.3 is 0 Å². The minimum absolute atomic E-state index is 0.310. The molecule has 4 aliphatic carbocycles. The Bertz CT molecular complexity index is 920. The monoisotopic (exact) mass is 402 g/mol. The zero-order valence-electron chi connectivity index (χ0n) is 17.3. The summed E-state index contributed by atoms with van der Waals surface area (Å²) < 4.78 is 0. The number of rotatable bonds is 7. The van der Waals surface area contributed by atoms with Gasteiger partial charge in [0.25, 0.3) is 0 Å². The second-order valence-corrected chi connectivity index (χ2v) is 9.63. The molecule has 4 aliphatic rings. The highest BCUT2D eigenvalue weighted by atomic mass is 15.1. The number of hydrogen-bond donors (Lipinski definition) is 3. The summed E-state index contributed by atoms with van der Waals surface area (Å²) in [4.78, 5) is 8.95. The molecule has 5 atom stereocenters. The Morgan fingerprint density at radius 1 is 1.10 bits per heavy atom. The summed E-state index contributed by atoms with van der Waals surface area (Å²) >= 11 is 0. The van der Waals surface area contributed by atoms with Crippen molar-refractivity contribution in [1.29, 1.82) is 5.26 Å². The van der Waals surface area contributed by atoms with E-state index in [4.69, 9.17) is 5.73 Å². The van der Waals surface area contributed by atoms with E-state index in [1.807, 2.05) is 18.2 Å². The summed E-state index contributed by atoms with van der Waals surface area (Å²) in [5.41, 5.74) is 8.59. The Balaban J connectivity index is 1.24. The predicted molar refractivity (Wildman–Crippen MR) is 118 cm³/mol. The molecule has 6 rings (SSSR count). The van der Waals surface area contributed by atoms with Crippen LogP contribution in [0.25, 0.3) is 0 Å². The first-order valence-corrected chi connectivity index (χ1v) is 11.2. The van der Waals surface area contributed by atoms with Crippen molar-refractivity contribution in [3.05, 3.63) is 47.7 Å². The van der Waals surface area contributed by atoms with Gasteiger partial charge in [0, 0.05) is 19.1 Å². The summed E-state index contributed by atoms with van der Waals surface area (Å²) in [5.74, 6) is 3.40. The van der Waals surface area contributed by atoms with E-state index in [9.17, 15) is 5.26 Å². The highest BCUT2D eigenvalue weighted by molar-refractivity contribution is 5.53. The number of nitrogens with one attached hydrogen (secondary N) is 2. The summed E-state index contributed by atoms with van der Waals surface area (Å²) in [7, 11) is 0. The van der Waals surface area contributed by atoms with Crippen LogP contribution in [-0.4, -0.2) is 29.1 Å². The number of anilines is 2. The third kappa shape index (κ3) is 3.75. The molecule has 2 aromatic rings. The molecular formula is C24H30N6. The average Bonchev–Trinajstić information content (AvgIpc) is 2.76. The standard InChI is InChI=1S/C24H30N6/c25-13-20-14-28-23(27-7-6-16-4-2-1-3-5-16)30-22(20)29-15-24-10-17-8-18(11-24)21(26)19(9-17)12-24/h1-5,14,17-19,21H,6-12,15,26H2,(H2,27,28,29,30)/t17?,18-,19+,21-,24-. The van der Waals surface area contributed by atoms with Crippen molar-refractivity contribution < 1.29 is 0 Å². The van der Waals surface area contributed by atoms with Crippen LogP contribution in [0, 0.1) is 34.5 Å². The molecule has 4 fully saturated rings. The molecule has 4 bridgehead atoms. The highest BCUT2D eigenvalue weighted by Gasteiger charge is 2.54. The Hall–Kier alpha value is -2.65. The third-order valence-corrected chi connectivity index (χ3v) is 7.55. The molecule has 6 nitrogen and oxygen atoms in total. The van der Waals surface area contributed by atoms with Crippen molar-refractivity contribution in [2.24, 2.45) is 28.9 Å². The molecule has 0 radical (unpaired) electrons. The Labute approximate surface area is 178 Å². The molecule has 4 N–H and O–H groups in total. The van der Waals surface area contributed by atoms with Gasteiger partial charge in [-0.2, -0.15) is 10.2 Å². The SMILES string of the molecule is N#Cc1cnc(NCCc2ccccc2)nc1NC[C@]12CC3C[C@H](C1)[C@@H](N)[C@@H](C3)C2. The molecule has 1 aromatic heterocycles. The van der Waals surface area contributed by atoms with Gasteiger partial charge in [-0.05, 0) is 67.3 Å². The van der Waals surface area contributed by atoms with Crippen LogP contribution in [0.2, 0.25) is 0 Å². The van der Waals surface area contributed by atoms with E-state index in [0.717, 1.165) is 25.4 Å². The molecule has 1 aromatic carbocycles. The van der Waals surface area contributed by atoms with Crippen molar-refractivity contribution in [3.8, 4) is 6.07 Å². The van der Waals surface area contributed by atoms with Gasteiger partial charge in [0.15, 0.2) is 0 Å². The minimum Gasteiger partial charge on any atom is -0.368 e. The number of aromatic nitrogens is 2. The topological polar surface area (TPSA) is 99.6 Å². The fourth-order valence-corrected chi connectivity index (χ4v) is 6.37. The molecular weight excluding hydrogens is 372 g/mol. The van der Waals surface area contributed by atoms with Crippen LogP contribution in [0.5, 0.6) is 0 Å². The van der Waals surface area contributed by atoms with Gasteiger partial charge in [0.2, 0.25) is 5.95 Å². The molecule has 0 spiro atoms. The van der Waals surface area contributed by atoms with Crippen LogP contribution in [-0.2, 0) is 6.42 Å². The van der Waals surface area contributed by atoms with E-state index in [1.54, 1.807) is 6.20 Å². The zero-order valence-corrected chi connectivity index (χ0v) is 17.3. The zero-order chi connectivity index (χ0) is 20.6. The van der Waals surface area contributed by atoms with Crippen LogP contribution in [0.4, 0.5) is 11.8 Å². The van der Waals surface area contributed by atoms with Crippen LogP contribution >= 0.6 is 0 Å². The Morgan fingerprint density at radius 3 is 2.60 bits per heavy atom. The fraction of sp³-hybridized carbons (Fsp3) is 0.542. The highest BCUT2D eigenvalue weighted by Crippen LogP contribution is 2.59. The van der Waals surface area contributed by atoms with E-state index < -0.39 is 0 Å². The maximum atomic E-state index is 9.52. The maximum Gasteiger partial charge on any atom is 0.224 e. The second kappa shape index (κ2) is 7.88. The summed E-state index contributed by atoms with van der Waals surface area (Å²) in [6.45, 7) is 1.63. The lowest BCUT2D eigenvalue weighted by molar-refractivity contribution is -0.0591. The van der Waals surface area contributed by atoms with Gasteiger partial charge in [0.1, 0.15) is 17.5 Å². The quantitative estimate of drug-likeness (QED) is 0.655. The van der Waals surface area contributed by atoms with Crippen LogP contribution in [0.1, 0.15) is 43.2 Å². The fourth-order valence-electron chi connectivity index (χ4n) is 6.37. The van der Waals surface area contributed by atoms with Gasteiger partial charge in [-0.25, -0.2) is 4.98 Å². The van der Waals surface area contributed by atoms with E-state index >= 15 is 0 Å². The lowest BCUT2D eigenvalue weighted by Gasteiger charge is -2.59. The summed E-state index contributed by atoms with van der Waals surface area (Å²) in [5, 5.41) is 16.3. The van der Waals surface area contributed by atoms with Crippen molar-refractivity contribution >= 4 is 11.8 Å². The van der Waals surface area contributed by atoms with Crippen molar-refractivity contribution in [3.63, 3.8) is 0 Å². The third-order valence-electron chi connectivity index (χ3n) is 7.55. The Morgan fingerprint density at radius 2 is 1.87 bits per heavy atom. The minimum atomic E-state index is 0.310.